The normalized spacial score (nSPS) is 15.6. The van der Waals surface area contributed by atoms with Crippen molar-refractivity contribution in [2.75, 3.05) is 0 Å². The lowest BCUT2D eigenvalue weighted by Crippen LogP contribution is -2.29. The van der Waals surface area contributed by atoms with Crippen LogP contribution in [0.2, 0.25) is 5.02 Å². The molecule has 25 heavy (non-hydrogen) atoms. The van der Waals surface area contributed by atoms with E-state index < -0.39 is 4.92 Å². The predicted molar refractivity (Wildman–Crippen MR) is 99.2 cm³/mol. The minimum atomic E-state index is -0.468. The van der Waals surface area contributed by atoms with Gasteiger partial charge in [-0.15, -0.1) is 0 Å². The van der Waals surface area contributed by atoms with E-state index >= 15 is 0 Å². The molecule has 6 nitrogen and oxygen atoms in total. The van der Waals surface area contributed by atoms with Crippen molar-refractivity contribution in [1.29, 1.82) is 0 Å². The Balaban J connectivity index is 1.77. The SMILES string of the molecule is O=C1NC(=Cc2ccc(Cl)cc2)C(=S)N1Cc1ccc([N+](=O)[O-])cc1. The Hall–Kier alpha value is -2.77. The van der Waals surface area contributed by atoms with Crippen LogP contribution in [0.4, 0.5) is 10.5 Å². The summed E-state index contributed by atoms with van der Waals surface area (Å²) in [5.41, 5.74) is 2.14. The maximum Gasteiger partial charge on any atom is 0.327 e. The van der Waals surface area contributed by atoms with Crippen LogP contribution in [0.5, 0.6) is 0 Å². The summed E-state index contributed by atoms with van der Waals surface area (Å²) in [7, 11) is 0. The third-order valence-corrected chi connectivity index (χ3v) is 4.32. The van der Waals surface area contributed by atoms with Crippen LogP contribution in [-0.4, -0.2) is 20.8 Å². The van der Waals surface area contributed by atoms with Gasteiger partial charge in [0.25, 0.3) is 5.69 Å². The molecule has 2 amide bonds. The molecule has 0 unspecified atom stereocenters. The average molecular weight is 374 g/mol. The molecule has 8 heteroatoms. The summed E-state index contributed by atoms with van der Waals surface area (Å²) < 4.78 is 0. The smallest absolute Gasteiger partial charge is 0.305 e. The highest BCUT2D eigenvalue weighted by atomic mass is 35.5. The molecule has 0 spiro atoms. The Morgan fingerprint density at radius 3 is 2.40 bits per heavy atom. The molecule has 2 aromatic rings. The Morgan fingerprint density at radius 2 is 1.80 bits per heavy atom. The number of urea groups is 1. The van der Waals surface area contributed by atoms with Crippen molar-refractivity contribution in [2.24, 2.45) is 0 Å². The topological polar surface area (TPSA) is 75.5 Å². The molecule has 0 bridgehead atoms. The molecule has 3 rings (SSSR count). The van der Waals surface area contributed by atoms with Gasteiger partial charge in [0.2, 0.25) is 0 Å². The highest BCUT2D eigenvalue weighted by Gasteiger charge is 2.30. The number of amides is 2. The van der Waals surface area contributed by atoms with Gasteiger partial charge < -0.3 is 5.32 Å². The number of rotatable bonds is 4. The van der Waals surface area contributed by atoms with E-state index in [-0.39, 0.29) is 18.3 Å². The minimum absolute atomic E-state index is 0.000484. The first-order chi connectivity index (χ1) is 11.9. The number of carbonyl (C=O) groups is 1. The second-order valence-electron chi connectivity index (χ2n) is 5.35. The molecule has 0 saturated carbocycles. The molecule has 0 aliphatic carbocycles. The van der Waals surface area contributed by atoms with Gasteiger partial charge >= 0.3 is 6.03 Å². The van der Waals surface area contributed by atoms with Crippen LogP contribution in [0.15, 0.2) is 54.2 Å². The molecule has 0 radical (unpaired) electrons. The zero-order valence-electron chi connectivity index (χ0n) is 12.8. The lowest BCUT2D eigenvalue weighted by molar-refractivity contribution is -0.384. The van der Waals surface area contributed by atoms with E-state index in [9.17, 15) is 14.9 Å². The molecule has 1 fully saturated rings. The number of nitrogens with zero attached hydrogens (tertiary/aromatic N) is 2. The fraction of sp³-hybridized carbons (Fsp3) is 0.0588. The van der Waals surface area contributed by atoms with E-state index in [0.29, 0.717) is 15.7 Å². The highest BCUT2D eigenvalue weighted by molar-refractivity contribution is 7.80. The maximum absolute atomic E-state index is 12.2. The number of non-ortho nitro benzene ring substituents is 1. The number of nitro benzene ring substituents is 1. The van der Waals surface area contributed by atoms with Crippen LogP contribution in [-0.2, 0) is 6.54 Å². The van der Waals surface area contributed by atoms with E-state index in [0.717, 1.165) is 11.1 Å². The standard InChI is InChI=1S/C17H12ClN3O3S/c18-13-5-1-11(2-6-13)9-15-16(25)20(17(22)19-15)10-12-3-7-14(8-4-12)21(23)24/h1-9H,10H2,(H,19,22). The van der Waals surface area contributed by atoms with Gasteiger partial charge in [-0.3, -0.25) is 15.0 Å². The van der Waals surface area contributed by atoms with Crippen LogP contribution < -0.4 is 5.32 Å². The number of nitrogens with one attached hydrogen (secondary N) is 1. The molecule has 0 atom stereocenters. The van der Waals surface area contributed by atoms with Crippen molar-refractivity contribution >= 4 is 46.6 Å². The molecule has 1 N–H and O–H groups in total. The first-order valence-electron chi connectivity index (χ1n) is 7.27. The van der Waals surface area contributed by atoms with Gasteiger partial charge in [0.15, 0.2) is 0 Å². The molecular formula is C17H12ClN3O3S. The predicted octanol–water partition coefficient (Wildman–Crippen LogP) is 4.14. The fourth-order valence-electron chi connectivity index (χ4n) is 2.35. The van der Waals surface area contributed by atoms with E-state index in [1.165, 1.54) is 17.0 Å². The molecule has 1 aliphatic rings. The van der Waals surface area contributed by atoms with Crippen molar-refractivity contribution in [3.8, 4) is 0 Å². The summed E-state index contributed by atoms with van der Waals surface area (Å²) in [6.07, 6.45) is 1.77. The first kappa shape index (κ1) is 17.1. The van der Waals surface area contributed by atoms with Crippen LogP contribution in [0.3, 0.4) is 0 Å². The summed E-state index contributed by atoms with van der Waals surface area (Å²) in [6, 6.07) is 12.8. The second-order valence-corrected chi connectivity index (χ2v) is 6.18. The summed E-state index contributed by atoms with van der Waals surface area (Å²) in [5.74, 6) is 0. The Kier molecular flexibility index (Phi) is 4.78. The van der Waals surface area contributed by atoms with Gasteiger partial charge in [0.1, 0.15) is 4.99 Å². The van der Waals surface area contributed by atoms with Gasteiger partial charge in [-0.1, -0.05) is 48.1 Å². The zero-order chi connectivity index (χ0) is 18.0. The molecule has 1 aliphatic heterocycles. The van der Waals surface area contributed by atoms with Gasteiger partial charge in [-0.2, -0.15) is 0 Å². The van der Waals surface area contributed by atoms with Crippen molar-refractivity contribution in [2.45, 2.75) is 6.54 Å². The quantitative estimate of drug-likeness (QED) is 0.378. The van der Waals surface area contributed by atoms with Crippen molar-refractivity contribution < 1.29 is 9.72 Å². The van der Waals surface area contributed by atoms with E-state index in [1.807, 2.05) is 12.1 Å². The molecule has 1 heterocycles. The van der Waals surface area contributed by atoms with Crippen molar-refractivity contribution in [3.05, 3.63) is 80.5 Å². The Labute approximate surface area is 153 Å². The van der Waals surface area contributed by atoms with E-state index in [1.54, 1.807) is 30.3 Å². The summed E-state index contributed by atoms with van der Waals surface area (Å²) in [4.78, 5) is 24.2. The first-order valence-corrected chi connectivity index (χ1v) is 8.06. The van der Waals surface area contributed by atoms with Crippen LogP contribution >= 0.6 is 23.8 Å². The Morgan fingerprint density at radius 1 is 1.16 bits per heavy atom. The number of benzene rings is 2. The van der Waals surface area contributed by atoms with E-state index in [4.69, 9.17) is 23.8 Å². The molecule has 2 aromatic carbocycles. The number of halogens is 1. The maximum atomic E-state index is 12.2. The van der Waals surface area contributed by atoms with Gasteiger partial charge in [-0.05, 0) is 29.3 Å². The van der Waals surface area contributed by atoms with Crippen LogP contribution in [0, 0.1) is 10.1 Å². The largest absolute Gasteiger partial charge is 0.327 e. The zero-order valence-corrected chi connectivity index (χ0v) is 14.4. The van der Waals surface area contributed by atoms with Gasteiger partial charge in [0.05, 0.1) is 17.2 Å². The molecule has 126 valence electrons. The Bertz CT molecular complexity index is 879. The molecule has 1 saturated heterocycles. The summed E-state index contributed by atoms with van der Waals surface area (Å²) in [5, 5.41) is 14.1. The number of thiocarbonyl (C=S) groups is 1. The lowest BCUT2D eigenvalue weighted by Gasteiger charge is -2.13. The third-order valence-electron chi connectivity index (χ3n) is 3.63. The van der Waals surface area contributed by atoms with E-state index in [2.05, 4.69) is 5.32 Å². The average Bonchev–Trinajstić information content (AvgIpc) is 2.85. The van der Waals surface area contributed by atoms with Crippen LogP contribution in [0.25, 0.3) is 6.08 Å². The monoisotopic (exact) mass is 373 g/mol. The van der Waals surface area contributed by atoms with Crippen LogP contribution in [0.1, 0.15) is 11.1 Å². The summed E-state index contributed by atoms with van der Waals surface area (Å²) in [6.45, 7) is 0.237. The highest BCUT2D eigenvalue weighted by Crippen LogP contribution is 2.20. The van der Waals surface area contributed by atoms with Crippen molar-refractivity contribution in [1.82, 2.24) is 10.2 Å². The van der Waals surface area contributed by atoms with Gasteiger partial charge in [-0.25, -0.2) is 4.79 Å². The summed E-state index contributed by atoms with van der Waals surface area (Å²) >= 11 is 11.2. The minimum Gasteiger partial charge on any atom is -0.305 e. The molecule has 0 aromatic heterocycles. The lowest BCUT2D eigenvalue weighted by atomic mass is 10.2. The number of carbonyl (C=O) groups excluding carboxylic acids is 1. The molecular weight excluding hydrogens is 362 g/mol. The number of nitro groups is 1. The number of hydrogen-bond acceptors (Lipinski definition) is 4. The number of hydrogen-bond donors (Lipinski definition) is 1. The fourth-order valence-corrected chi connectivity index (χ4v) is 2.73. The second kappa shape index (κ2) is 7.00. The van der Waals surface area contributed by atoms with Crippen molar-refractivity contribution in [3.63, 3.8) is 0 Å². The van der Waals surface area contributed by atoms with Gasteiger partial charge in [0, 0.05) is 17.2 Å². The third kappa shape index (κ3) is 3.84.